The highest BCUT2D eigenvalue weighted by molar-refractivity contribution is 6.24. The van der Waals surface area contributed by atoms with Crippen LogP contribution in [0.25, 0.3) is 11.1 Å². The number of rotatable bonds is 7. The molecule has 3 aliphatic rings. The number of amides is 2. The van der Waals surface area contributed by atoms with Crippen LogP contribution in [-0.2, 0) is 27.3 Å². The second-order valence-corrected chi connectivity index (χ2v) is 12.2. The van der Waals surface area contributed by atoms with Gasteiger partial charge in [0.1, 0.15) is 22.8 Å². The Morgan fingerprint density at radius 3 is 2.27 bits per heavy atom. The molecular formula is C32H36N4O8. The van der Waals surface area contributed by atoms with Gasteiger partial charge in [0.25, 0.3) is 5.91 Å². The van der Waals surface area contributed by atoms with Crippen molar-refractivity contribution in [3.05, 3.63) is 75.8 Å². The molecule has 5 rings (SSSR count). The molecule has 0 heterocycles. The van der Waals surface area contributed by atoms with Crippen molar-refractivity contribution in [3.63, 3.8) is 0 Å². The Kier molecular flexibility index (Phi) is 7.87. The van der Waals surface area contributed by atoms with Crippen LogP contribution in [0.15, 0.2) is 59.1 Å². The summed E-state index contributed by atoms with van der Waals surface area (Å²) in [5.74, 6) is -7.00. The van der Waals surface area contributed by atoms with Crippen LogP contribution in [0.5, 0.6) is 5.75 Å². The predicted octanol–water partition coefficient (Wildman–Crippen LogP) is 0.965. The minimum Gasteiger partial charge on any atom is -0.510 e. The van der Waals surface area contributed by atoms with Crippen molar-refractivity contribution in [2.75, 3.05) is 34.7 Å². The minimum absolute atomic E-state index is 0.00639. The number of phenols is 1. The van der Waals surface area contributed by atoms with Crippen molar-refractivity contribution in [1.82, 2.24) is 15.1 Å². The van der Waals surface area contributed by atoms with Gasteiger partial charge in [-0.1, -0.05) is 30.3 Å². The molecule has 12 heteroatoms. The van der Waals surface area contributed by atoms with Gasteiger partial charge in [-0.3, -0.25) is 24.1 Å². The Labute approximate surface area is 254 Å². The fourth-order valence-electron chi connectivity index (χ4n) is 6.87. The summed E-state index contributed by atoms with van der Waals surface area (Å²) < 4.78 is 0. The molecule has 232 valence electrons. The summed E-state index contributed by atoms with van der Waals surface area (Å²) in [6.45, 7) is 0.603. The number of ketones is 2. The number of hydrogen-bond acceptors (Lipinski definition) is 10. The number of likely N-dealkylation sites (N-methyl/N-ethyl adjacent to an activating group) is 2. The zero-order chi connectivity index (χ0) is 32.2. The van der Waals surface area contributed by atoms with Gasteiger partial charge in [0.15, 0.2) is 11.4 Å². The highest BCUT2D eigenvalue weighted by atomic mass is 16.3. The summed E-state index contributed by atoms with van der Waals surface area (Å²) in [6, 6.07) is 9.42. The lowest BCUT2D eigenvalue weighted by atomic mass is 9.58. The maximum Gasteiger partial charge on any atom is 0.255 e. The number of allylic oxidation sites excluding steroid dienone is 1. The molecule has 44 heavy (non-hydrogen) atoms. The zero-order valence-corrected chi connectivity index (χ0v) is 24.9. The van der Waals surface area contributed by atoms with E-state index in [2.05, 4.69) is 5.32 Å². The fraction of sp³-hybridized carbons (Fsp3) is 0.375. The molecule has 0 saturated carbocycles. The Bertz CT molecular complexity index is 1640. The van der Waals surface area contributed by atoms with Crippen molar-refractivity contribution in [1.29, 1.82) is 0 Å². The second kappa shape index (κ2) is 11.2. The molecular weight excluding hydrogens is 568 g/mol. The van der Waals surface area contributed by atoms with E-state index in [0.29, 0.717) is 17.7 Å². The molecule has 0 aromatic heterocycles. The van der Waals surface area contributed by atoms with Crippen molar-refractivity contribution in [2.45, 2.75) is 31.0 Å². The van der Waals surface area contributed by atoms with E-state index in [4.69, 9.17) is 5.73 Å². The lowest BCUT2D eigenvalue weighted by molar-refractivity contribution is -0.148. The standard InChI is InChI=1S/C32H36N4O8/c1-35(2)14-22(38)34-13-15-5-7-16(8-6-15)18-9-10-21(37)24-19(18)11-17-12-20-26(36(3)4)28(40)25(31(33)43)30(42)32(20,44)29(41)23(17)27(24)39/h5-10,17,20,26,37,40-41,44H,11-14H2,1-4H3,(H2,33,43)(H,34,38)/t17-,20-,26-,32-/m1/s1. The number of primary amides is 1. The second-order valence-electron chi connectivity index (χ2n) is 12.2. The van der Waals surface area contributed by atoms with E-state index >= 15 is 0 Å². The molecule has 0 fully saturated rings. The smallest absolute Gasteiger partial charge is 0.255 e. The van der Waals surface area contributed by atoms with E-state index in [0.717, 1.165) is 11.1 Å². The Morgan fingerprint density at radius 1 is 1.02 bits per heavy atom. The third kappa shape index (κ3) is 4.84. The number of phenolic OH excluding ortho intramolecular Hbond substituents is 1. The van der Waals surface area contributed by atoms with Crippen molar-refractivity contribution >= 4 is 23.4 Å². The highest BCUT2D eigenvalue weighted by Crippen LogP contribution is 2.53. The molecule has 12 nitrogen and oxygen atoms in total. The zero-order valence-electron chi connectivity index (χ0n) is 24.9. The normalized spacial score (nSPS) is 24.8. The third-order valence-corrected chi connectivity index (χ3v) is 8.82. The molecule has 0 saturated heterocycles. The quantitative estimate of drug-likeness (QED) is 0.248. The molecule has 0 unspecified atom stereocenters. The Hall–Kier alpha value is -4.52. The van der Waals surface area contributed by atoms with Gasteiger partial charge >= 0.3 is 0 Å². The molecule has 2 aromatic rings. The number of aromatic hydroxyl groups is 1. The number of aliphatic hydroxyl groups excluding tert-OH is 2. The van der Waals surface area contributed by atoms with Crippen LogP contribution in [0.4, 0.5) is 0 Å². The molecule has 7 N–H and O–H groups in total. The van der Waals surface area contributed by atoms with Gasteiger partial charge in [-0.25, -0.2) is 0 Å². The first kappa shape index (κ1) is 30.9. The monoisotopic (exact) mass is 604 g/mol. The highest BCUT2D eigenvalue weighted by Gasteiger charge is 2.63. The van der Waals surface area contributed by atoms with E-state index < -0.39 is 58.0 Å². The van der Waals surface area contributed by atoms with Gasteiger partial charge in [-0.15, -0.1) is 0 Å². The van der Waals surface area contributed by atoms with E-state index in [1.807, 2.05) is 24.3 Å². The van der Waals surface area contributed by atoms with E-state index in [-0.39, 0.29) is 42.2 Å². The number of aliphatic hydroxyl groups is 3. The van der Waals surface area contributed by atoms with Crippen LogP contribution >= 0.6 is 0 Å². The number of fused-ring (bicyclic) bond motifs is 3. The Balaban J connectivity index is 1.55. The molecule has 2 amide bonds. The van der Waals surface area contributed by atoms with Gasteiger partial charge in [0, 0.05) is 18.0 Å². The van der Waals surface area contributed by atoms with Crippen LogP contribution < -0.4 is 11.1 Å². The first-order valence-electron chi connectivity index (χ1n) is 14.2. The average molecular weight is 605 g/mol. The van der Waals surface area contributed by atoms with Crippen molar-refractivity contribution in [3.8, 4) is 16.9 Å². The van der Waals surface area contributed by atoms with Gasteiger partial charge in [-0.05, 0) is 75.3 Å². The van der Waals surface area contributed by atoms with E-state index in [9.17, 15) is 39.6 Å². The van der Waals surface area contributed by atoms with Gasteiger partial charge < -0.3 is 36.4 Å². The van der Waals surface area contributed by atoms with Crippen LogP contribution in [-0.4, -0.2) is 100.0 Å². The molecule has 2 aromatic carbocycles. The number of carbonyl (C=O) groups is 4. The summed E-state index contributed by atoms with van der Waals surface area (Å²) in [5, 5.41) is 47.8. The van der Waals surface area contributed by atoms with E-state index in [1.54, 1.807) is 39.2 Å². The maximum absolute atomic E-state index is 14.0. The predicted molar refractivity (Wildman–Crippen MR) is 160 cm³/mol. The summed E-state index contributed by atoms with van der Waals surface area (Å²) in [6.07, 6.45) is 0.188. The molecule has 0 spiro atoms. The topological polar surface area (TPSA) is 194 Å². The summed E-state index contributed by atoms with van der Waals surface area (Å²) in [5.41, 5.74) is 4.43. The number of nitrogens with zero attached hydrogens (tertiary/aromatic N) is 2. The van der Waals surface area contributed by atoms with Gasteiger partial charge in [0.2, 0.25) is 11.7 Å². The van der Waals surface area contributed by atoms with Crippen molar-refractivity contribution in [2.24, 2.45) is 17.6 Å². The number of Topliss-reactive ketones (excluding diaryl/α,β-unsaturated/α-hetero) is 2. The number of nitrogens with one attached hydrogen (secondary N) is 1. The number of carbonyl (C=O) groups excluding carboxylic acids is 4. The summed E-state index contributed by atoms with van der Waals surface area (Å²) >= 11 is 0. The van der Waals surface area contributed by atoms with Gasteiger partial charge in [-0.2, -0.15) is 0 Å². The molecule has 0 bridgehead atoms. The van der Waals surface area contributed by atoms with Crippen LogP contribution in [0.3, 0.4) is 0 Å². The SMILES string of the molecule is CN(C)CC(=O)NCc1ccc(-c2ccc(O)c3c2C[C@@H]2C[C@@H]4[C@@H](N(C)C)C(O)=C(C(N)=O)C(=O)[C@]4(O)C(O)=C2C3=O)cc1. The Morgan fingerprint density at radius 2 is 1.68 bits per heavy atom. The molecule has 0 aliphatic heterocycles. The van der Waals surface area contributed by atoms with Crippen molar-refractivity contribution < 1.29 is 39.6 Å². The lowest BCUT2D eigenvalue weighted by Gasteiger charge is -2.50. The molecule has 4 atom stereocenters. The lowest BCUT2D eigenvalue weighted by Crippen LogP contribution is -2.63. The number of benzene rings is 2. The van der Waals surface area contributed by atoms with Crippen LogP contribution in [0.1, 0.15) is 27.9 Å². The van der Waals surface area contributed by atoms with E-state index in [1.165, 1.54) is 11.0 Å². The number of hydrogen-bond donors (Lipinski definition) is 6. The molecule has 3 aliphatic carbocycles. The largest absolute Gasteiger partial charge is 0.510 e. The first-order chi connectivity index (χ1) is 20.7. The third-order valence-electron chi connectivity index (χ3n) is 8.82. The van der Waals surface area contributed by atoms with Gasteiger partial charge in [0.05, 0.1) is 18.2 Å². The van der Waals surface area contributed by atoms with Crippen LogP contribution in [0.2, 0.25) is 0 Å². The maximum atomic E-state index is 14.0. The molecule has 0 radical (unpaired) electrons. The van der Waals surface area contributed by atoms with Crippen LogP contribution in [0, 0.1) is 11.8 Å². The first-order valence-corrected chi connectivity index (χ1v) is 14.2. The minimum atomic E-state index is -2.68. The summed E-state index contributed by atoms with van der Waals surface area (Å²) in [4.78, 5) is 54.9. The average Bonchev–Trinajstić information content (AvgIpc) is 2.93. The number of nitrogens with two attached hydrogens (primary N) is 1. The summed E-state index contributed by atoms with van der Waals surface area (Å²) in [7, 11) is 6.78. The fourth-order valence-corrected chi connectivity index (χ4v) is 6.87.